The molecule has 0 amide bonds. The summed E-state index contributed by atoms with van der Waals surface area (Å²) in [6.07, 6.45) is 1.01. The molecule has 0 saturated carbocycles. The smallest absolute Gasteiger partial charge is 0.116 e. The van der Waals surface area contributed by atoms with Gasteiger partial charge in [-0.25, -0.2) is 0 Å². The van der Waals surface area contributed by atoms with Crippen LogP contribution in [0.5, 0.6) is 5.75 Å². The van der Waals surface area contributed by atoms with Crippen molar-refractivity contribution in [2.75, 3.05) is 13.6 Å². The highest BCUT2D eigenvalue weighted by Gasteiger charge is 2.17. The van der Waals surface area contributed by atoms with Gasteiger partial charge in [-0.2, -0.15) is 0 Å². The van der Waals surface area contributed by atoms with Crippen molar-refractivity contribution in [1.82, 2.24) is 4.90 Å². The number of hydrogen-bond donors (Lipinski definition) is 1. The third-order valence-electron chi connectivity index (χ3n) is 2.98. The second kappa shape index (κ2) is 3.70. The van der Waals surface area contributed by atoms with Crippen LogP contribution in [0, 0.1) is 0 Å². The lowest BCUT2D eigenvalue weighted by Crippen LogP contribution is -2.27. The van der Waals surface area contributed by atoms with Crippen molar-refractivity contribution >= 4 is 5.57 Å². The van der Waals surface area contributed by atoms with Gasteiger partial charge in [0.25, 0.3) is 0 Å². The van der Waals surface area contributed by atoms with Gasteiger partial charge in [-0.05, 0) is 49.2 Å². The molecule has 1 heterocycles. The van der Waals surface area contributed by atoms with Crippen molar-refractivity contribution < 1.29 is 5.11 Å². The molecule has 15 heavy (non-hydrogen) atoms. The maximum atomic E-state index is 9.63. The Hall–Kier alpha value is -1.28. The number of rotatable bonds is 1. The van der Waals surface area contributed by atoms with E-state index in [9.17, 15) is 5.11 Å². The van der Waals surface area contributed by atoms with Crippen LogP contribution < -0.4 is 0 Å². The summed E-state index contributed by atoms with van der Waals surface area (Å²) in [5.41, 5.74) is 4.73. The third kappa shape index (κ3) is 1.90. The van der Waals surface area contributed by atoms with Gasteiger partial charge in [0.15, 0.2) is 0 Å². The zero-order valence-corrected chi connectivity index (χ0v) is 9.38. The largest absolute Gasteiger partial charge is 0.508 e. The first-order chi connectivity index (χ1) is 7.08. The number of fused-ring (bicyclic) bond motifs is 1. The summed E-state index contributed by atoms with van der Waals surface area (Å²) < 4.78 is 0. The van der Waals surface area contributed by atoms with E-state index < -0.39 is 0 Å². The Morgan fingerprint density at radius 2 is 2.20 bits per heavy atom. The molecule has 2 rings (SSSR count). The van der Waals surface area contributed by atoms with E-state index >= 15 is 0 Å². The first-order valence-corrected chi connectivity index (χ1v) is 5.27. The third-order valence-corrected chi connectivity index (χ3v) is 2.98. The maximum absolute atomic E-state index is 9.63. The molecule has 2 nitrogen and oxygen atoms in total. The lowest BCUT2D eigenvalue weighted by atomic mass is 9.92. The standard InChI is InChI=1S/C13H17NO/c1-9(2)12-7-11(15)6-10-4-5-14(3)8-13(10)12/h6-7,15H,1,4-5,8H2,2-3H3. The van der Waals surface area contributed by atoms with Gasteiger partial charge in [0, 0.05) is 13.1 Å². The molecule has 0 aliphatic carbocycles. The number of aromatic hydroxyl groups is 1. The van der Waals surface area contributed by atoms with Crippen LogP contribution in [0.2, 0.25) is 0 Å². The van der Waals surface area contributed by atoms with Crippen molar-refractivity contribution in [2.45, 2.75) is 19.9 Å². The molecule has 1 aliphatic heterocycles. The summed E-state index contributed by atoms with van der Waals surface area (Å²) in [5, 5.41) is 9.63. The number of likely N-dealkylation sites (N-methyl/N-ethyl adjacent to an activating group) is 1. The van der Waals surface area contributed by atoms with Gasteiger partial charge in [-0.3, -0.25) is 0 Å². The molecule has 0 radical (unpaired) electrons. The summed E-state index contributed by atoms with van der Waals surface area (Å²) in [6, 6.07) is 3.70. The van der Waals surface area contributed by atoms with Gasteiger partial charge in [-0.1, -0.05) is 12.2 Å². The van der Waals surface area contributed by atoms with Crippen LogP contribution in [0.25, 0.3) is 5.57 Å². The Morgan fingerprint density at radius 1 is 1.47 bits per heavy atom. The van der Waals surface area contributed by atoms with Crippen molar-refractivity contribution in [3.8, 4) is 5.75 Å². The second-order valence-corrected chi connectivity index (χ2v) is 4.40. The minimum atomic E-state index is 0.358. The first-order valence-electron chi connectivity index (χ1n) is 5.27. The lowest BCUT2D eigenvalue weighted by molar-refractivity contribution is 0.312. The summed E-state index contributed by atoms with van der Waals surface area (Å²) >= 11 is 0. The molecule has 80 valence electrons. The monoisotopic (exact) mass is 203 g/mol. The van der Waals surface area contributed by atoms with Gasteiger partial charge in [0.2, 0.25) is 0 Å². The Kier molecular flexibility index (Phi) is 2.53. The average Bonchev–Trinajstić information content (AvgIpc) is 2.17. The highest BCUT2D eigenvalue weighted by atomic mass is 16.3. The fourth-order valence-electron chi connectivity index (χ4n) is 2.17. The molecule has 1 aromatic carbocycles. The molecule has 0 saturated heterocycles. The average molecular weight is 203 g/mol. The quantitative estimate of drug-likeness (QED) is 0.757. The fraction of sp³-hybridized carbons (Fsp3) is 0.385. The number of benzene rings is 1. The van der Waals surface area contributed by atoms with Crippen molar-refractivity contribution in [1.29, 1.82) is 0 Å². The zero-order valence-electron chi connectivity index (χ0n) is 9.38. The normalized spacial score (nSPS) is 16.1. The van der Waals surface area contributed by atoms with Gasteiger partial charge in [0.05, 0.1) is 0 Å². The number of nitrogens with zero attached hydrogens (tertiary/aromatic N) is 1. The van der Waals surface area contributed by atoms with Crippen LogP contribution in [-0.4, -0.2) is 23.6 Å². The predicted octanol–water partition coefficient (Wildman–Crippen LogP) is 2.41. The highest BCUT2D eigenvalue weighted by Crippen LogP contribution is 2.30. The van der Waals surface area contributed by atoms with Gasteiger partial charge in [-0.15, -0.1) is 0 Å². The Labute approximate surface area is 90.8 Å². The molecule has 0 fully saturated rings. The molecule has 1 aromatic rings. The van der Waals surface area contributed by atoms with Crippen LogP contribution in [0.4, 0.5) is 0 Å². The lowest BCUT2D eigenvalue weighted by Gasteiger charge is -2.27. The minimum Gasteiger partial charge on any atom is -0.508 e. The number of hydrogen-bond acceptors (Lipinski definition) is 2. The minimum absolute atomic E-state index is 0.358. The Balaban J connectivity index is 2.55. The molecule has 0 bridgehead atoms. The molecule has 2 heteroatoms. The number of phenols is 1. The molecular weight excluding hydrogens is 186 g/mol. The van der Waals surface area contributed by atoms with E-state index in [0.717, 1.165) is 30.6 Å². The molecule has 1 aliphatic rings. The van der Waals surface area contributed by atoms with Gasteiger partial charge >= 0.3 is 0 Å². The Morgan fingerprint density at radius 3 is 2.87 bits per heavy atom. The molecule has 0 aromatic heterocycles. The topological polar surface area (TPSA) is 23.5 Å². The van der Waals surface area contributed by atoms with E-state index in [1.54, 1.807) is 0 Å². The van der Waals surface area contributed by atoms with E-state index in [0.29, 0.717) is 5.75 Å². The van der Waals surface area contributed by atoms with E-state index in [2.05, 4.69) is 18.5 Å². The van der Waals surface area contributed by atoms with Crippen LogP contribution in [0.15, 0.2) is 18.7 Å². The van der Waals surface area contributed by atoms with E-state index in [1.165, 1.54) is 11.1 Å². The van der Waals surface area contributed by atoms with E-state index in [4.69, 9.17) is 0 Å². The number of phenolic OH excluding ortho intramolecular Hbond substituents is 1. The maximum Gasteiger partial charge on any atom is 0.116 e. The molecule has 0 spiro atoms. The summed E-state index contributed by atoms with van der Waals surface area (Å²) in [6.45, 7) is 7.98. The summed E-state index contributed by atoms with van der Waals surface area (Å²) in [5.74, 6) is 0.358. The van der Waals surface area contributed by atoms with Crippen molar-refractivity contribution in [3.63, 3.8) is 0 Å². The van der Waals surface area contributed by atoms with Crippen molar-refractivity contribution in [2.24, 2.45) is 0 Å². The van der Waals surface area contributed by atoms with Crippen LogP contribution in [0.3, 0.4) is 0 Å². The predicted molar refractivity (Wildman–Crippen MR) is 62.9 cm³/mol. The Bertz CT molecular complexity index is 409. The molecule has 0 unspecified atom stereocenters. The number of allylic oxidation sites excluding steroid dienone is 1. The first kappa shape index (κ1) is 10.2. The summed E-state index contributed by atoms with van der Waals surface area (Å²) in [4.78, 5) is 2.30. The van der Waals surface area contributed by atoms with E-state index in [1.807, 2.05) is 19.1 Å². The van der Waals surface area contributed by atoms with Crippen LogP contribution >= 0.6 is 0 Å². The van der Waals surface area contributed by atoms with Crippen LogP contribution in [-0.2, 0) is 13.0 Å². The molecule has 1 N–H and O–H groups in total. The summed E-state index contributed by atoms with van der Waals surface area (Å²) in [7, 11) is 2.12. The molecule has 0 atom stereocenters. The highest BCUT2D eigenvalue weighted by molar-refractivity contribution is 5.67. The van der Waals surface area contributed by atoms with Gasteiger partial charge in [0.1, 0.15) is 5.75 Å². The molecular formula is C13H17NO. The second-order valence-electron chi connectivity index (χ2n) is 4.40. The van der Waals surface area contributed by atoms with E-state index in [-0.39, 0.29) is 0 Å². The fourth-order valence-corrected chi connectivity index (χ4v) is 2.17. The SMILES string of the molecule is C=C(C)c1cc(O)cc2c1CN(C)CC2. The van der Waals surface area contributed by atoms with Crippen molar-refractivity contribution in [3.05, 3.63) is 35.4 Å². The van der Waals surface area contributed by atoms with Crippen LogP contribution in [0.1, 0.15) is 23.6 Å². The van der Waals surface area contributed by atoms with Gasteiger partial charge < -0.3 is 10.0 Å². The zero-order chi connectivity index (χ0) is 11.0.